The van der Waals surface area contributed by atoms with Gasteiger partial charge >= 0.3 is 0 Å². The van der Waals surface area contributed by atoms with Crippen LogP contribution in [0.4, 0.5) is 5.69 Å². The molecule has 1 saturated heterocycles. The fourth-order valence-electron chi connectivity index (χ4n) is 4.58. The molecule has 3 N–H and O–H groups in total. The summed E-state index contributed by atoms with van der Waals surface area (Å²) in [4.78, 5) is 19.0. The Morgan fingerprint density at radius 1 is 1.09 bits per heavy atom. The molecule has 2 aromatic carbocycles. The molecule has 1 fully saturated rings. The fourth-order valence-corrected chi connectivity index (χ4v) is 4.58. The molecule has 1 amide bonds. The molecule has 172 valence electrons. The number of hydrogen-bond donors (Lipinski definition) is 3. The van der Waals surface area contributed by atoms with Gasteiger partial charge in [-0.3, -0.25) is 9.79 Å². The average Bonchev–Trinajstić information content (AvgIpc) is 3.26. The van der Waals surface area contributed by atoms with E-state index in [0.717, 1.165) is 37.7 Å². The van der Waals surface area contributed by atoms with Crippen molar-refractivity contribution in [3.05, 3.63) is 65.7 Å². The molecule has 2 unspecified atom stereocenters. The number of halogens is 1. The maximum absolute atomic E-state index is 12.0. The second kappa shape index (κ2) is 12.2. The summed E-state index contributed by atoms with van der Waals surface area (Å²) in [5.41, 5.74) is 3.52. The third-order valence-corrected chi connectivity index (χ3v) is 6.33. The van der Waals surface area contributed by atoms with Gasteiger partial charge in [0.25, 0.3) is 0 Å². The van der Waals surface area contributed by atoms with Crippen molar-refractivity contribution in [1.82, 2.24) is 15.5 Å². The summed E-state index contributed by atoms with van der Waals surface area (Å²) in [5, 5.41) is 9.88. The van der Waals surface area contributed by atoms with Gasteiger partial charge in [0.2, 0.25) is 5.91 Å². The highest BCUT2D eigenvalue weighted by Crippen LogP contribution is 2.31. The molecule has 7 heteroatoms. The van der Waals surface area contributed by atoms with Gasteiger partial charge in [0, 0.05) is 51.3 Å². The first-order chi connectivity index (χ1) is 15.2. The highest BCUT2D eigenvalue weighted by atomic mass is 127. The van der Waals surface area contributed by atoms with Crippen LogP contribution in [0.1, 0.15) is 29.9 Å². The zero-order valence-corrected chi connectivity index (χ0v) is 21.0. The number of amides is 1. The van der Waals surface area contributed by atoms with Gasteiger partial charge in [0.05, 0.1) is 0 Å². The molecule has 0 aliphatic carbocycles. The summed E-state index contributed by atoms with van der Waals surface area (Å²) in [6.07, 6.45) is 2.83. The van der Waals surface area contributed by atoms with E-state index >= 15 is 0 Å². The Hall–Kier alpha value is -2.13. The van der Waals surface area contributed by atoms with Gasteiger partial charge in [0.15, 0.2) is 5.96 Å². The summed E-state index contributed by atoms with van der Waals surface area (Å²) >= 11 is 0. The van der Waals surface area contributed by atoms with Crippen LogP contribution in [0.3, 0.4) is 0 Å². The lowest BCUT2D eigenvalue weighted by molar-refractivity contribution is -0.116. The smallest absolute Gasteiger partial charge is 0.225 e. The van der Waals surface area contributed by atoms with Crippen LogP contribution in [-0.4, -0.2) is 56.5 Å². The number of nitrogens with one attached hydrogen (secondary N) is 3. The van der Waals surface area contributed by atoms with Gasteiger partial charge in [-0.2, -0.15) is 0 Å². The maximum Gasteiger partial charge on any atom is 0.225 e. The SMILES string of the molecule is CN=C(NCC1CCN(CCc2ccccc2)C1)NCC1CC(=O)Nc2ccccc21.I. The predicted molar refractivity (Wildman–Crippen MR) is 142 cm³/mol. The van der Waals surface area contributed by atoms with Gasteiger partial charge in [-0.25, -0.2) is 0 Å². The first-order valence-electron chi connectivity index (χ1n) is 11.3. The second-order valence-electron chi connectivity index (χ2n) is 8.56. The van der Waals surface area contributed by atoms with Gasteiger partial charge in [0.1, 0.15) is 0 Å². The molecule has 2 aliphatic rings. The highest BCUT2D eigenvalue weighted by molar-refractivity contribution is 14.0. The van der Waals surface area contributed by atoms with Gasteiger partial charge in [-0.05, 0) is 42.5 Å². The lowest BCUT2D eigenvalue weighted by Gasteiger charge is -2.26. The van der Waals surface area contributed by atoms with Crippen molar-refractivity contribution < 1.29 is 4.79 Å². The van der Waals surface area contributed by atoms with Crippen molar-refractivity contribution in [2.75, 3.05) is 45.1 Å². The first-order valence-corrected chi connectivity index (χ1v) is 11.3. The van der Waals surface area contributed by atoms with E-state index in [1.54, 1.807) is 7.05 Å². The topological polar surface area (TPSA) is 68.8 Å². The fraction of sp³-hybridized carbons (Fsp3) is 0.440. The molecule has 0 spiro atoms. The minimum Gasteiger partial charge on any atom is -0.356 e. The Bertz CT molecular complexity index is 904. The van der Waals surface area contributed by atoms with E-state index in [2.05, 4.69) is 62.2 Å². The Morgan fingerprint density at radius 2 is 1.84 bits per heavy atom. The molecule has 32 heavy (non-hydrogen) atoms. The molecule has 6 nitrogen and oxygen atoms in total. The van der Waals surface area contributed by atoms with Crippen LogP contribution in [0.2, 0.25) is 0 Å². The highest BCUT2D eigenvalue weighted by Gasteiger charge is 2.25. The lowest BCUT2D eigenvalue weighted by Crippen LogP contribution is -2.42. The number of fused-ring (bicyclic) bond motifs is 1. The minimum atomic E-state index is 0. The average molecular weight is 547 g/mol. The normalized spacial score (nSPS) is 20.8. The van der Waals surface area contributed by atoms with Gasteiger partial charge in [-0.15, -0.1) is 24.0 Å². The van der Waals surface area contributed by atoms with E-state index in [1.807, 2.05) is 18.2 Å². The summed E-state index contributed by atoms with van der Waals surface area (Å²) < 4.78 is 0. The van der Waals surface area contributed by atoms with Crippen LogP contribution in [0, 0.1) is 5.92 Å². The molecule has 2 atom stereocenters. The summed E-state index contributed by atoms with van der Waals surface area (Å²) in [6.45, 7) is 5.03. The van der Waals surface area contributed by atoms with E-state index in [1.165, 1.54) is 24.1 Å². The van der Waals surface area contributed by atoms with Crippen molar-refractivity contribution in [3.8, 4) is 0 Å². The Kier molecular flexibility index (Phi) is 9.35. The molecule has 0 bridgehead atoms. The Morgan fingerprint density at radius 3 is 2.66 bits per heavy atom. The molecule has 2 aromatic rings. The lowest BCUT2D eigenvalue weighted by atomic mass is 9.90. The number of carbonyl (C=O) groups is 1. The molecule has 0 aromatic heterocycles. The largest absolute Gasteiger partial charge is 0.356 e. The van der Waals surface area contributed by atoms with Crippen molar-refractivity contribution in [2.45, 2.75) is 25.2 Å². The number of nitrogens with zero attached hydrogens (tertiary/aromatic N) is 2. The number of aliphatic imine (C=N–C) groups is 1. The minimum absolute atomic E-state index is 0. The van der Waals surface area contributed by atoms with Crippen LogP contribution in [0.25, 0.3) is 0 Å². The van der Waals surface area contributed by atoms with Crippen LogP contribution in [-0.2, 0) is 11.2 Å². The summed E-state index contributed by atoms with van der Waals surface area (Å²) in [5.74, 6) is 1.68. The quantitative estimate of drug-likeness (QED) is 0.282. The molecule has 0 radical (unpaired) electrons. The van der Waals surface area contributed by atoms with E-state index in [-0.39, 0.29) is 35.8 Å². The van der Waals surface area contributed by atoms with Crippen molar-refractivity contribution >= 4 is 41.5 Å². The second-order valence-corrected chi connectivity index (χ2v) is 8.56. The van der Waals surface area contributed by atoms with Crippen LogP contribution < -0.4 is 16.0 Å². The third kappa shape index (κ3) is 6.68. The summed E-state index contributed by atoms with van der Waals surface area (Å²) in [6, 6.07) is 18.8. The molecule has 4 rings (SSSR count). The summed E-state index contributed by atoms with van der Waals surface area (Å²) in [7, 11) is 1.80. The number of likely N-dealkylation sites (tertiary alicyclic amines) is 1. The molecular formula is C25H34IN5O. The monoisotopic (exact) mass is 547 g/mol. The van der Waals surface area contributed by atoms with E-state index in [0.29, 0.717) is 18.9 Å². The number of benzene rings is 2. The number of rotatable bonds is 7. The maximum atomic E-state index is 12.0. The number of carbonyl (C=O) groups excluding carboxylic acids is 1. The third-order valence-electron chi connectivity index (χ3n) is 6.33. The molecular weight excluding hydrogens is 513 g/mol. The predicted octanol–water partition coefficient (Wildman–Crippen LogP) is 3.46. The van der Waals surface area contributed by atoms with E-state index < -0.39 is 0 Å². The Labute approximate surface area is 208 Å². The van der Waals surface area contributed by atoms with Crippen molar-refractivity contribution in [1.29, 1.82) is 0 Å². The number of para-hydroxylation sites is 1. The van der Waals surface area contributed by atoms with Crippen LogP contribution >= 0.6 is 24.0 Å². The van der Waals surface area contributed by atoms with Gasteiger partial charge in [-0.1, -0.05) is 48.5 Å². The van der Waals surface area contributed by atoms with Crippen molar-refractivity contribution in [3.63, 3.8) is 0 Å². The van der Waals surface area contributed by atoms with E-state index in [9.17, 15) is 4.79 Å². The van der Waals surface area contributed by atoms with Crippen LogP contribution in [0.15, 0.2) is 59.6 Å². The zero-order chi connectivity index (χ0) is 21.5. The Balaban J connectivity index is 0.00000289. The standard InChI is InChI=1S/C25H33N5O.HI/c1-26-25(28-17-21-15-24(31)29-23-10-6-5-9-22(21)23)27-16-20-12-14-30(18-20)13-11-19-7-3-2-4-8-19;/h2-10,20-21H,11-18H2,1H3,(H,29,31)(H2,26,27,28);1H. The number of guanidine groups is 1. The van der Waals surface area contributed by atoms with Gasteiger partial charge < -0.3 is 20.9 Å². The molecule has 2 heterocycles. The zero-order valence-electron chi connectivity index (χ0n) is 18.7. The van der Waals surface area contributed by atoms with E-state index in [4.69, 9.17) is 0 Å². The first kappa shape index (κ1) is 24.5. The molecule has 2 aliphatic heterocycles. The van der Waals surface area contributed by atoms with Crippen LogP contribution in [0.5, 0.6) is 0 Å². The number of hydrogen-bond acceptors (Lipinski definition) is 3. The molecule has 0 saturated carbocycles. The van der Waals surface area contributed by atoms with Crippen molar-refractivity contribution in [2.24, 2.45) is 10.9 Å². The number of anilines is 1.